The van der Waals surface area contributed by atoms with Crippen molar-refractivity contribution in [2.45, 2.75) is 45.6 Å². The molecule has 1 rings (SSSR count). The molecule has 1 N–H and O–H groups in total. The van der Waals surface area contributed by atoms with E-state index in [2.05, 4.69) is 15.2 Å². The Balaban J connectivity index is 0.00000484. The van der Waals surface area contributed by atoms with Crippen molar-refractivity contribution in [2.24, 2.45) is 10.9 Å². The minimum Gasteiger partial charge on any atom is -0.459 e. The van der Waals surface area contributed by atoms with Gasteiger partial charge >= 0.3 is 5.97 Å². The van der Waals surface area contributed by atoms with E-state index < -0.39 is 5.60 Å². The first-order valence-electron chi connectivity index (χ1n) is 8.03. The highest BCUT2D eigenvalue weighted by atomic mass is 127. The molecule has 0 radical (unpaired) electrons. The minimum absolute atomic E-state index is 0. The monoisotopic (exact) mass is 441 g/mol. The zero-order valence-electron chi connectivity index (χ0n) is 15.1. The number of nitrogens with zero attached hydrogens (tertiary/aromatic N) is 2. The van der Waals surface area contributed by atoms with E-state index in [4.69, 9.17) is 9.47 Å². The van der Waals surface area contributed by atoms with Gasteiger partial charge in [0.1, 0.15) is 12.1 Å². The van der Waals surface area contributed by atoms with Crippen molar-refractivity contribution < 1.29 is 14.3 Å². The Morgan fingerprint density at radius 1 is 1.35 bits per heavy atom. The van der Waals surface area contributed by atoms with Crippen LogP contribution in [0.1, 0.15) is 40.0 Å². The Morgan fingerprint density at radius 2 is 1.96 bits per heavy atom. The molecule has 7 heteroatoms. The van der Waals surface area contributed by atoms with Crippen molar-refractivity contribution >= 4 is 35.9 Å². The highest BCUT2D eigenvalue weighted by Gasteiger charge is 2.18. The Kier molecular flexibility index (Phi) is 10.8. The number of carbonyl (C=O) groups excluding carboxylic acids is 1. The average Bonchev–Trinajstić information content (AvgIpc) is 2.45. The van der Waals surface area contributed by atoms with E-state index in [0.29, 0.717) is 0 Å². The second-order valence-corrected chi connectivity index (χ2v) is 6.75. The summed E-state index contributed by atoms with van der Waals surface area (Å²) in [5.41, 5.74) is -0.461. The minimum atomic E-state index is -0.461. The molecule has 0 aromatic rings. The van der Waals surface area contributed by atoms with Gasteiger partial charge in [-0.2, -0.15) is 0 Å². The number of rotatable bonds is 5. The van der Waals surface area contributed by atoms with Crippen LogP contribution in [0.5, 0.6) is 0 Å². The van der Waals surface area contributed by atoms with Gasteiger partial charge in [-0.05, 0) is 46.0 Å². The fraction of sp³-hybridized carbons (Fsp3) is 0.875. The summed E-state index contributed by atoms with van der Waals surface area (Å²) < 4.78 is 10.7. The van der Waals surface area contributed by atoms with Gasteiger partial charge in [-0.3, -0.25) is 9.79 Å². The standard InChI is InChI=1S/C16H31N3O3.HI/c1-16(2,3)22-14(20)12-18-15(17-4)19(5)9-6-13-7-10-21-11-8-13;/h13H,6-12H2,1-5H3,(H,17,18);1H. The smallest absolute Gasteiger partial charge is 0.325 e. The van der Waals surface area contributed by atoms with Crippen LogP contribution in [0, 0.1) is 5.92 Å². The third-order valence-corrected chi connectivity index (χ3v) is 3.60. The van der Waals surface area contributed by atoms with Gasteiger partial charge < -0.3 is 19.7 Å². The first-order chi connectivity index (χ1) is 10.3. The third kappa shape index (κ3) is 10.0. The average molecular weight is 441 g/mol. The van der Waals surface area contributed by atoms with Crippen LogP contribution in [0.25, 0.3) is 0 Å². The number of hydrogen-bond acceptors (Lipinski definition) is 4. The maximum atomic E-state index is 11.7. The SMILES string of the molecule is CN=C(NCC(=O)OC(C)(C)C)N(C)CCC1CCOCC1.I. The second-order valence-electron chi connectivity index (χ2n) is 6.75. The van der Waals surface area contributed by atoms with Gasteiger partial charge in [-0.1, -0.05) is 0 Å². The molecule has 136 valence electrons. The second kappa shape index (κ2) is 11.1. The van der Waals surface area contributed by atoms with Gasteiger partial charge in [-0.25, -0.2) is 0 Å². The van der Waals surface area contributed by atoms with Crippen LogP contribution in [0.3, 0.4) is 0 Å². The molecule has 1 saturated heterocycles. The number of ether oxygens (including phenoxy) is 2. The molecule has 0 bridgehead atoms. The van der Waals surface area contributed by atoms with Crippen LogP contribution >= 0.6 is 24.0 Å². The highest BCUT2D eigenvalue weighted by molar-refractivity contribution is 14.0. The lowest BCUT2D eigenvalue weighted by atomic mass is 9.96. The van der Waals surface area contributed by atoms with Crippen LogP contribution in [-0.4, -0.2) is 62.8 Å². The van der Waals surface area contributed by atoms with Crippen molar-refractivity contribution in [2.75, 3.05) is 40.4 Å². The molecule has 1 fully saturated rings. The summed E-state index contributed by atoms with van der Waals surface area (Å²) in [6, 6.07) is 0. The van der Waals surface area contributed by atoms with Crippen LogP contribution in [0.2, 0.25) is 0 Å². The molecular weight excluding hydrogens is 409 g/mol. The van der Waals surface area contributed by atoms with E-state index in [1.54, 1.807) is 7.05 Å². The number of nitrogens with one attached hydrogen (secondary N) is 1. The molecule has 0 unspecified atom stereocenters. The summed E-state index contributed by atoms with van der Waals surface area (Å²) in [6.07, 6.45) is 3.39. The number of halogens is 1. The lowest BCUT2D eigenvalue weighted by Crippen LogP contribution is -2.43. The molecule has 0 aromatic heterocycles. The Bertz CT molecular complexity index is 377. The lowest BCUT2D eigenvalue weighted by molar-refractivity contribution is -0.153. The molecular formula is C16H32IN3O3. The van der Waals surface area contributed by atoms with Crippen LogP contribution in [0.4, 0.5) is 0 Å². The van der Waals surface area contributed by atoms with E-state index in [0.717, 1.165) is 50.9 Å². The topological polar surface area (TPSA) is 63.2 Å². The largest absolute Gasteiger partial charge is 0.459 e. The molecule has 0 aromatic carbocycles. The van der Waals surface area contributed by atoms with Crippen LogP contribution in [0.15, 0.2) is 4.99 Å². The summed E-state index contributed by atoms with van der Waals surface area (Å²) in [7, 11) is 3.71. The van der Waals surface area contributed by atoms with Crippen molar-refractivity contribution in [3.8, 4) is 0 Å². The fourth-order valence-electron chi connectivity index (χ4n) is 2.43. The molecule has 6 nitrogen and oxygen atoms in total. The van der Waals surface area contributed by atoms with Crippen molar-refractivity contribution in [3.05, 3.63) is 0 Å². The number of esters is 1. The number of carbonyl (C=O) groups is 1. The Labute approximate surface area is 157 Å². The van der Waals surface area contributed by atoms with Gasteiger partial charge in [0.25, 0.3) is 0 Å². The predicted octanol–water partition coefficient (Wildman–Crippen LogP) is 2.27. The quantitative estimate of drug-likeness (QED) is 0.307. The molecule has 1 aliphatic heterocycles. The lowest BCUT2D eigenvalue weighted by Gasteiger charge is -2.27. The summed E-state index contributed by atoms with van der Waals surface area (Å²) >= 11 is 0. The van der Waals surface area contributed by atoms with E-state index in [1.807, 2.05) is 27.8 Å². The van der Waals surface area contributed by atoms with Gasteiger partial charge in [0, 0.05) is 33.9 Å². The number of hydrogen-bond donors (Lipinski definition) is 1. The zero-order chi connectivity index (χ0) is 16.6. The summed E-state index contributed by atoms with van der Waals surface area (Å²) in [4.78, 5) is 18.0. The first-order valence-corrected chi connectivity index (χ1v) is 8.03. The predicted molar refractivity (Wildman–Crippen MR) is 103 cm³/mol. The Morgan fingerprint density at radius 3 is 2.48 bits per heavy atom. The fourth-order valence-corrected chi connectivity index (χ4v) is 2.43. The molecule has 0 aliphatic carbocycles. The molecule has 1 heterocycles. The van der Waals surface area contributed by atoms with E-state index in [-0.39, 0.29) is 36.5 Å². The van der Waals surface area contributed by atoms with Gasteiger partial charge in [0.15, 0.2) is 5.96 Å². The van der Waals surface area contributed by atoms with Gasteiger partial charge in [0.05, 0.1) is 0 Å². The molecule has 0 saturated carbocycles. The Hall–Kier alpha value is -0.570. The summed E-state index contributed by atoms with van der Waals surface area (Å²) in [5.74, 6) is 1.17. The van der Waals surface area contributed by atoms with Crippen molar-refractivity contribution in [1.82, 2.24) is 10.2 Å². The normalized spacial score (nSPS) is 16.5. The first kappa shape index (κ1) is 22.4. The van der Waals surface area contributed by atoms with Crippen molar-refractivity contribution in [3.63, 3.8) is 0 Å². The molecule has 23 heavy (non-hydrogen) atoms. The molecule has 0 amide bonds. The van der Waals surface area contributed by atoms with Crippen LogP contribution < -0.4 is 5.32 Å². The summed E-state index contributed by atoms with van der Waals surface area (Å²) in [5, 5.41) is 3.06. The maximum absolute atomic E-state index is 11.7. The summed E-state index contributed by atoms with van der Waals surface area (Å²) in [6.45, 7) is 8.38. The highest BCUT2D eigenvalue weighted by Crippen LogP contribution is 2.18. The third-order valence-electron chi connectivity index (χ3n) is 3.60. The van der Waals surface area contributed by atoms with Crippen LogP contribution in [-0.2, 0) is 14.3 Å². The van der Waals surface area contributed by atoms with Gasteiger partial charge in [0.2, 0.25) is 0 Å². The number of aliphatic imine (C=N–C) groups is 1. The molecule has 0 atom stereocenters. The van der Waals surface area contributed by atoms with Crippen molar-refractivity contribution in [1.29, 1.82) is 0 Å². The van der Waals surface area contributed by atoms with Gasteiger partial charge in [-0.15, -0.1) is 24.0 Å². The number of guanidine groups is 1. The molecule has 1 aliphatic rings. The maximum Gasteiger partial charge on any atom is 0.325 e. The van der Waals surface area contributed by atoms with E-state index in [1.165, 1.54) is 0 Å². The van der Waals surface area contributed by atoms with E-state index in [9.17, 15) is 4.79 Å². The zero-order valence-corrected chi connectivity index (χ0v) is 17.4. The molecule has 0 spiro atoms. The van der Waals surface area contributed by atoms with E-state index >= 15 is 0 Å².